The van der Waals surface area contributed by atoms with Crippen LogP contribution >= 0.6 is 0 Å². The summed E-state index contributed by atoms with van der Waals surface area (Å²) in [6, 6.07) is 1.74. The first-order chi connectivity index (χ1) is 10.3. The highest BCUT2D eigenvalue weighted by molar-refractivity contribution is 6.06. The van der Waals surface area contributed by atoms with Crippen molar-refractivity contribution in [1.82, 2.24) is 20.1 Å². The molecule has 2 N–H and O–H groups in total. The van der Waals surface area contributed by atoms with E-state index in [4.69, 9.17) is 5.11 Å². The summed E-state index contributed by atoms with van der Waals surface area (Å²) in [5, 5.41) is 17.3. The van der Waals surface area contributed by atoms with Crippen molar-refractivity contribution in [1.29, 1.82) is 0 Å². The van der Waals surface area contributed by atoms with Gasteiger partial charge in [0.2, 0.25) is 0 Å². The fourth-order valence-electron chi connectivity index (χ4n) is 2.71. The Morgan fingerprint density at radius 3 is 2.68 bits per heavy atom. The molecule has 1 amide bonds. The molecule has 120 valence electrons. The van der Waals surface area contributed by atoms with Gasteiger partial charge in [-0.05, 0) is 32.3 Å². The van der Waals surface area contributed by atoms with Gasteiger partial charge < -0.3 is 10.4 Å². The quantitative estimate of drug-likeness (QED) is 0.881. The molecule has 2 heterocycles. The highest BCUT2D eigenvalue weighted by Gasteiger charge is 2.21. The maximum Gasteiger partial charge on any atom is 0.252 e. The molecule has 6 nitrogen and oxygen atoms in total. The zero-order valence-corrected chi connectivity index (χ0v) is 13.8. The minimum absolute atomic E-state index is 0.0554. The predicted molar refractivity (Wildman–Crippen MR) is 85.8 cm³/mol. The van der Waals surface area contributed by atoms with E-state index >= 15 is 0 Å². The van der Waals surface area contributed by atoms with Crippen molar-refractivity contribution < 1.29 is 9.90 Å². The van der Waals surface area contributed by atoms with Gasteiger partial charge in [-0.15, -0.1) is 0 Å². The standard InChI is InChI=1S/C16H24N4O2/c1-9(2)13(6-7-21)18-16(22)12-8-10(3)17-15-14(12)11(4)19-20(15)5/h8-9,13,21H,6-7H2,1-5H3,(H,18,22). The average Bonchev–Trinajstić information content (AvgIpc) is 2.72. The average molecular weight is 304 g/mol. The lowest BCUT2D eigenvalue weighted by Gasteiger charge is -2.21. The Balaban J connectivity index is 2.43. The predicted octanol–water partition coefficient (Wildman–Crippen LogP) is 1.72. The number of aliphatic hydroxyl groups excluding tert-OH is 1. The van der Waals surface area contributed by atoms with Crippen LogP contribution in [0.15, 0.2) is 6.07 Å². The van der Waals surface area contributed by atoms with Crippen LogP contribution in [0, 0.1) is 19.8 Å². The van der Waals surface area contributed by atoms with Crippen LogP contribution in [-0.2, 0) is 7.05 Å². The summed E-state index contributed by atoms with van der Waals surface area (Å²) in [5.41, 5.74) is 2.88. The molecule has 0 bridgehead atoms. The van der Waals surface area contributed by atoms with Crippen molar-refractivity contribution in [3.8, 4) is 0 Å². The van der Waals surface area contributed by atoms with E-state index in [9.17, 15) is 4.79 Å². The second kappa shape index (κ2) is 6.44. The number of aromatic nitrogens is 3. The number of aryl methyl sites for hydroxylation is 3. The number of nitrogens with one attached hydrogen (secondary N) is 1. The highest BCUT2D eigenvalue weighted by Crippen LogP contribution is 2.22. The summed E-state index contributed by atoms with van der Waals surface area (Å²) in [5.74, 6) is 0.114. The Morgan fingerprint density at radius 1 is 1.41 bits per heavy atom. The van der Waals surface area contributed by atoms with Crippen molar-refractivity contribution in [2.75, 3.05) is 6.61 Å². The van der Waals surface area contributed by atoms with Crippen LogP contribution in [0.3, 0.4) is 0 Å². The molecule has 0 spiro atoms. The van der Waals surface area contributed by atoms with Crippen LogP contribution in [0.5, 0.6) is 0 Å². The lowest BCUT2D eigenvalue weighted by Crippen LogP contribution is -2.39. The van der Waals surface area contributed by atoms with E-state index in [0.29, 0.717) is 17.6 Å². The summed E-state index contributed by atoms with van der Waals surface area (Å²) in [6.07, 6.45) is 0.544. The fourth-order valence-corrected chi connectivity index (χ4v) is 2.71. The van der Waals surface area contributed by atoms with Gasteiger partial charge >= 0.3 is 0 Å². The number of fused-ring (bicyclic) bond motifs is 1. The largest absolute Gasteiger partial charge is 0.396 e. The molecule has 1 atom stereocenters. The van der Waals surface area contributed by atoms with Crippen LogP contribution in [-0.4, -0.2) is 38.4 Å². The van der Waals surface area contributed by atoms with Crippen LogP contribution in [0.2, 0.25) is 0 Å². The zero-order valence-electron chi connectivity index (χ0n) is 13.8. The lowest BCUT2D eigenvalue weighted by molar-refractivity contribution is 0.0918. The van der Waals surface area contributed by atoms with Crippen molar-refractivity contribution in [3.63, 3.8) is 0 Å². The number of aliphatic hydroxyl groups is 1. The number of hydrogen-bond donors (Lipinski definition) is 2. The Labute approximate surface area is 130 Å². The van der Waals surface area contributed by atoms with Gasteiger partial charge in [-0.3, -0.25) is 9.48 Å². The molecule has 6 heteroatoms. The summed E-state index contributed by atoms with van der Waals surface area (Å²) in [6.45, 7) is 7.86. The summed E-state index contributed by atoms with van der Waals surface area (Å²) < 4.78 is 1.70. The maximum absolute atomic E-state index is 12.7. The number of amides is 1. The lowest BCUT2D eigenvalue weighted by atomic mass is 10.00. The van der Waals surface area contributed by atoms with Gasteiger partial charge in [-0.2, -0.15) is 5.10 Å². The van der Waals surface area contributed by atoms with Crippen LogP contribution < -0.4 is 5.32 Å². The molecule has 0 aliphatic carbocycles. The molecule has 22 heavy (non-hydrogen) atoms. The summed E-state index contributed by atoms with van der Waals surface area (Å²) in [4.78, 5) is 17.2. The SMILES string of the molecule is Cc1cc(C(=O)NC(CCO)C(C)C)c2c(C)nn(C)c2n1. The first kappa shape index (κ1) is 16.4. The third-order valence-corrected chi connectivity index (χ3v) is 3.90. The van der Waals surface area contributed by atoms with E-state index in [-0.39, 0.29) is 24.5 Å². The van der Waals surface area contributed by atoms with E-state index < -0.39 is 0 Å². The number of rotatable bonds is 5. The maximum atomic E-state index is 12.7. The minimum Gasteiger partial charge on any atom is -0.396 e. The molecule has 2 rings (SSSR count). The number of carbonyl (C=O) groups is 1. The topological polar surface area (TPSA) is 80.0 Å². The normalized spacial score (nSPS) is 12.9. The molecular formula is C16H24N4O2. The Bertz CT molecular complexity index is 691. The molecule has 0 radical (unpaired) electrons. The molecule has 0 aliphatic rings. The molecule has 0 fully saturated rings. The molecule has 2 aromatic heterocycles. The smallest absolute Gasteiger partial charge is 0.252 e. The Hall–Kier alpha value is -1.95. The van der Waals surface area contributed by atoms with Gasteiger partial charge in [-0.25, -0.2) is 4.98 Å². The first-order valence-corrected chi connectivity index (χ1v) is 7.57. The minimum atomic E-state index is -0.140. The van der Waals surface area contributed by atoms with Crippen LogP contribution in [0.25, 0.3) is 11.0 Å². The van der Waals surface area contributed by atoms with Gasteiger partial charge in [0.15, 0.2) is 5.65 Å². The number of pyridine rings is 1. The Morgan fingerprint density at radius 2 is 2.09 bits per heavy atom. The van der Waals surface area contributed by atoms with E-state index in [2.05, 4.69) is 15.4 Å². The van der Waals surface area contributed by atoms with Crippen molar-refractivity contribution in [2.24, 2.45) is 13.0 Å². The third kappa shape index (κ3) is 3.11. The fraction of sp³-hybridized carbons (Fsp3) is 0.562. The van der Waals surface area contributed by atoms with Crippen molar-refractivity contribution >= 4 is 16.9 Å². The van der Waals surface area contributed by atoms with E-state index in [0.717, 1.165) is 16.8 Å². The number of nitrogens with zero attached hydrogens (tertiary/aromatic N) is 3. The second-order valence-electron chi connectivity index (χ2n) is 6.06. The van der Waals surface area contributed by atoms with Gasteiger partial charge in [0.1, 0.15) is 0 Å². The summed E-state index contributed by atoms with van der Waals surface area (Å²) in [7, 11) is 1.83. The van der Waals surface area contributed by atoms with Gasteiger partial charge in [0.25, 0.3) is 5.91 Å². The highest BCUT2D eigenvalue weighted by atomic mass is 16.3. The first-order valence-electron chi connectivity index (χ1n) is 7.57. The van der Waals surface area contributed by atoms with E-state index in [1.54, 1.807) is 10.7 Å². The molecular weight excluding hydrogens is 280 g/mol. The monoisotopic (exact) mass is 304 g/mol. The molecule has 0 saturated heterocycles. The van der Waals surface area contributed by atoms with E-state index in [1.165, 1.54) is 0 Å². The second-order valence-corrected chi connectivity index (χ2v) is 6.06. The Kier molecular flexibility index (Phi) is 4.81. The molecule has 2 aromatic rings. The molecule has 1 unspecified atom stereocenters. The van der Waals surface area contributed by atoms with Crippen molar-refractivity contribution in [3.05, 3.63) is 23.0 Å². The molecule has 0 aliphatic heterocycles. The zero-order chi connectivity index (χ0) is 16.4. The van der Waals surface area contributed by atoms with Gasteiger partial charge in [-0.1, -0.05) is 13.8 Å². The van der Waals surface area contributed by atoms with E-state index in [1.807, 2.05) is 34.7 Å². The summed E-state index contributed by atoms with van der Waals surface area (Å²) >= 11 is 0. The van der Waals surface area contributed by atoms with Crippen LogP contribution in [0.1, 0.15) is 42.0 Å². The molecule has 0 aromatic carbocycles. The van der Waals surface area contributed by atoms with Gasteiger partial charge in [0.05, 0.1) is 16.6 Å². The van der Waals surface area contributed by atoms with Crippen LogP contribution in [0.4, 0.5) is 0 Å². The number of carbonyl (C=O) groups excluding carboxylic acids is 1. The van der Waals surface area contributed by atoms with Crippen molar-refractivity contribution in [2.45, 2.75) is 40.2 Å². The third-order valence-electron chi connectivity index (χ3n) is 3.90. The number of hydrogen-bond acceptors (Lipinski definition) is 4. The van der Waals surface area contributed by atoms with Gasteiger partial charge in [0, 0.05) is 25.4 Å². The molecule has 0 saturated carbocycles.